The number of esters is 1. The number of carbonyl (C=O) groups excluding carboxylic acids is 1. The Bertz CT molecular complexity index is 346. The lowest BCUT2D eigenvalue weighted by Crippen LogP contribution is -2.38. The first kappa shape index (κ1) is 17.2. The Morgan fingerprint density at radius 3 is 2.25 bits per heavy atom. The highest BCUT2D eigenvalue weighted by atomic mass is 16.7. The molecular weight excluding hydrogens is 252 g/mol. The number of ether oxygens (including phenoxy) is 2. The largest absolute Gasteiger partial charge is 0.432 e. The van der Waals surface area contributed by atoms with Crippen LogP contribution in [0.4, 0.5) is 0 Å². The minimum Gasteiger partial charge on any atom is -0.432 e. The Balaban J connectivity index is 2.61. The smallest absolute Gasteiger partial charge is 0.335 e. The first-order valence-electron chi connectivity index (χ1n) is 7.62. The lowest BCUT2D eigenvalue weighted by Gasteiger charge is -2.37. The van der Waals surface area contributed by atoms with E-state index < -0.39 is 6.29 Å². The van der Waals surface area contributed by atoms with E-state index in [9.17, 15) is 4.79 Å². The van der Waals surface area contributed by atoms with Crippen molar-refractivity contribution in [3.05, 3.63) is 12.2 Å². The topological polar surface area (TPSA) is 35.5 Å². The van der Waals surface area contributed by atoms with Gasteiger partial charge in [0.15, 0.2) is 0 Å². The van der Waals surface area contributed by atoms with Crippen LogP contribution in [0.25, 0.3) is 0 Å². The molecule has 0 aromatic rings. The minimum absolute atomic E-state index is 0.220. The molecule has 0 aromatic heterocycles. The van der Waals surface area contributed by atoms with Gasteiger partial charge in [-0.25, -0.2) is 4.79 Å². The summed E-state index contributed by atoms with van der Waals surface area (Å²) in [5.74, 6) is -0.376. The maximum Gasteiger partial charge on any atom is 0.335 e. The standard InChI is InChI=1S/C17H30O3/c1-13(2)14(18)20-15(16(3,4)5)19-12-17(6)10-8-7-9-11-17/h15H,1,7-12H2,2-6H3. The van der Waals surface area contributed by atoms with Crippen LogP contribution < -0.4 is 0 Å². The van der Waals surface area contributed by atoms with Crippen molar-refractivity contribution in [3.8, 4) is 0 Å². The van der Waals surface area contributed by atoms with E-state index in [2.05, 4.69) is 13.5 Å². The van der Waals surface area contributed by atoms with Gasteiger partial charge in [-0.15, -0.1) is 0 Å². The van der Waals surface area contributed by atoms with Crippen LogP contribution in [0.3, 0.4) is 0 Å². The summed E-state index contributed by atoms with van der Waals surface area (Å²) in [5.41, 5.74) is 0.389. The van der Waals surface area contributed by atoms with Gasteiger partial charge in [-0.1, -0.05) is 53.5 Å². The van der Waals surface area contributed by atoms with Gasteiger partial charge in [-0.2, -0.15) is 0 Å². The second kappa shape index (κ2) is 6.75. The van der Waals surface area contributed by atoms with Crippen molar-refractivity contribution in [3.63, 3.8) is 0 Å². The molecule has 1 aliphatic rings. The summed E-state index contributed by atoms with van der Waals surface area (Å²) >= 11 is 0. The molecule has 0 aliphatic heterocycles. The van der Waals surface area contributed by atoms with E-state index in [0.717, 1.165) is 0 Å². The molecule has 3 heteroatoms. The van der Waals surface area contributed by atoms with Crippen molar-refractivity contribution in [2.75, 3.05) is 6.61 Å². The molecule has 0 saturated heterocycles. The van der Waals surface area contributed by atoms with E-state index in [1.165, 1.54) is 32.1 Å². The molecule has 0 aromatic carbocycles. The Morgan fingerprint density at radius 1 is 1.25 bits per heavy atom. The zero-order valence-corrected chi connectivity index (χ0v) is 13.8. The summed E-state index contributed by atoms with van der Waals surface area (Å²) in [6.07, 6.45) is 5.72. The van der Waals surface area contributed by atoms with E-state index in [-0.39, 0.29) is 16.8 Å². The summed E-state index contributed by atoms with van der Waals surface area (Å²) in [4.78, 5) is 11.7. The van der Waals surface area contributed by atoms with Crippen LogP contribution in [0, 0.1) is 10.8 Å². The van der Waals surface area contributed by atoms with Gasteiger partial charge in [-0.05, 0) is 25.2 Å². The quantitative estimate of drug-likeness (QED) is 0.424. The Morgan fingerprint density at radius 2 is 1.80 bits per heavy atom. The molecule has 1 unspecified atom stereocenters. The SMILES string of the molecule is C=C(C)C(=O)OC(OCC1(C)CCCCC1)C(C)(C)C. The fourth-order valence-corrected chi connectivity index (χ4v) is 2.49. The van der Waals surface area contributed by atoms with E-state index in [1.807, 2.05) is 20.8 Å². The molecule has 0 amide bonds. The monoisotopic (exact) mass is 282 g/mol. The third-order valence-electron chi connectivity index (χ3n) is 3.91. The molecule has 3 nitrogen and oxygen atoms in total. The van der Waals surface area contributed by atoms with Crippen LogP contribution >= 0.6 is 0 Å². The normalized spacial score (nSPS) is 20.2. The number of rotatable bonds is 5. The second-order valence-electron chi connectivity index (χ2n) is 7.57. The van der Waals surface area contributed by atoms with Gasteiger partial charge in [0.25, 0.3) is 0 Å². The molecule has 1 aliphatic carbocycles. The van der Waals surface area contributed by atoms with Crippen LogP contribution in [0.5, 0.6) is 0 Å². The third-order valence-corrected chi connectivity index (χ3v) is 3.91. The van der Waals surface area contributed by atoms with Crippen LogP contribution in [0.15, 0.2) is 12.2 Å². The zero-order chi connectivity index (χ0) is 15.4. The lowest BCUT2D eigenvalue weighted by atomic mass is 9.76. The molecule has 0 bridgehead atoms. The van der Waals surface area contributed by atoms with Gasteiger partial charge in [-0.3, -0.25) is 0 Å². The average Bonchev–Trinajstić information content (AvgIpc) is 2.33. The number of hydrogen-bond donors (Lipinski definition) is 0. The van der Waals surface area contributed by atoms with Crippen LogP contribution in [-0.4, -0.2) is 18.9 Å². The van der Waals surface area contributed by atoms with Crippen LogP contribution in [0.2, 0.25) is 0 Å². The first-order chi connectivity index (χ1) is 9.14. The summed E-state index contributed by atoms with van der Waals surface area (Å²) in [7, 11) is 0. The molecule has 1 atom stereocenters. The van der Waals surface area contributed by atoms with Gasteiger partial charge in [0, 0.05) is 11.0 Å². The second-order valence-corrected chi connectivity index (χ2v) is 7.57. The van der Waals surface area contributed by atoms with E-state index in [0.29, 0.717) is 12.2 Å². The van der Waals surface area contributed by atoms with Gasteiger partial charge < -0.3 is 9.47 Å². The maximum atomic E-state index is 11.7. The predicted molar refractivity (Wildman–Crippen MR) is 81.3 cm³/mol. The highest BCUT2D eigenvalue weighted by molar-refractivity contribution is 5.87. The van der Waals surface area contributed by atoms with E-state index in [4.69, 9.17) is 9.47 Å². The van der Waals surface area contributed by atoms with Crippen molar-refractivity contribution in [2.45, 2.75) is 73.0 Å². The molecule has 0 spiro atoms. The van der Waals surface area contributed by atoms with Gasteiger partial charge >= 0.3 is 5.97 Å². The zero-order valence-electron chi connectivity index (χ0n) is 13.8. The molecule has 0 N–H and O–H groups in total. The average molecular weight is 282 g/mol. The van der Waals surface area contributed by atoms with Crippen molar-refractivity contribution < 1.29 is 14.3 Å². The number of hydrogen-bond acceptors (Lipinski definition) is 3. The molecule has 1 saturated carbocycles. The highest BCUT2D eigenvalue weighted by Gasteiger charge is 2.34. The van der Waals surface area contributed by atoms with Crippen molar-refractivity contribution in [2.24, 2.45) is 10.8 Å². The fourth-order valence-electron chi connectivity index (χ4n) is 2.49. The van der Waals surface area contributed by atoms with Crippen LogP contribution in [-0.2, 0) is 14.3 Å². The summed E-state index contributed by atoms with van der Waals surface area (Å²) < 4.78 is 11.4. The summed E-state index contributed by atoms with van der Waals surface area (Å²) in [6, 6.07) is 0. The maximum absolute atomic E-state index is 11.7. The van der Waals surface area contributed by atoms with Gasteiger partial charge in [0.1, 0.15) is 0 Å². The van der Waals surface area contributed by atoms with Gasteiger partial charge in [0.05, 0.1) is 6.61 Å². The Hall–Kier alpha value is -0.830. The lowest BCUT2D eigenvalue weighted by molar-refractivity contribution is -0.209. The van der Waals surface area contributed by atoms with Crippen molar-refractivity contribution in [1.82, 2.24) is 0 Å². The molecular formula is C17H30O3. The van der Waals surface area contributed by atoms with Crippen molar-refractivity contribution >= 4 is 5.97 Å². The molecule has 116 valence electrons. The Labute approximate surface area is 123 Å². The first-order valence-corrected chi connectivity index (χ1v) is 7.62. The summed E-state index contributed by atoms with van der Waals surface area (Å²) in [5, 5.41) is 0. The molecule has 1 rings (SSSR count). The van der Waals surface area contributed by atoms with Crippen molar-refractivity contribution in [1.29, 1.82) is 0 Å². The minimum atomic E-state index is -0.523. The Kier molecular flexibility index (Phi) is 5.81. The van der Waals surface area contributed by atoms with E-state index >= 15 is 0 Å². The molecule has 1 fully saturated rings. The van der Waals surface area contributed by atoms with Crippen LogP contribution in [0.1, 0.15) is 66.7 Å². The predicted octanol–water partition coefficient (Wildman–Crippen LogP) is 4.46. The molecule has 0 radical (unpaired) electrons. The number of carbonyl (C=O) groups is 1. The molecule has 0 heterocycles. The van der Waals surface area contributed by atoms with E-state index in [1.54, 1.807) is 6.92 Å². The summed E-state index contributed by atoms with van der Waals surface area (Å²) in [6.45, 7) is 14.3. The van der Waals surface area contributed by atoms with Gasteiger partial charge in [0.2, 0.25) is 6.29 Å². The third kappa shape index (κ3) is 5.28. The fraction of sp³-hybridized carbons (Fsp3) is 0.824. The molecule has 20 heavy (non-hydrogen) atoms. The highest BCUT2D eigenvalue weighted by Crippen LogP contribution is 2.37.